The fourth-order valence-corrected chi connectivity index (χ4v) is 2.68. The van der Waals surface area contributed by atoms with Crippen LogP contribution in [-0.2, 0) is 9.53 Å². The molecule has 0 radical (unpaired) electrons. The van der Waals surface area contributed by atoms with Gasteiger partial charge in [0.1, 0.15) is 11.4 Å². The maximum atomic E-state index is 12.3. The van der Waals surface area contributed by atoms with Gasteiger partial charge in [-0.05, 0) is 25.1 Å². The van der Waals surface area contributed by atoms with Crippen molar-refractivity contribution in [1.29, 1.82) is 0 Å². The van der Waals surface area contributed by atoms with Crippen molar-refractivity contribution in [1.82, 2.24) is 10.2 Å². The Morgan fingerprint density at radius 1 is 1.20 bits per heavy atom. The van der Waals surface area contributed by atoms with Gasteiger partial charge < -0.3 is 14.8 Å². The predicted octanol–water partition coefficient (Wildman–Crippen LogP) is 2.03. The molecule has 0 spiro atoms. The molecular weight excluding hydrogens is 396 g/mol. The molecule has 0 saturated carbocycles. The van der Waals surface area contributed by atoms with Crippen LogP contribution in [0.25, 0.3) is 10.8 Å². The monoisotopic (exact) mass is 412 g/mol. The van der Waals surface area contributed by atoms with Gasteiger partial charge in [-0.3, -0.25) is 19.7 Å². The summed E-state index contributed by atoms with van der Waals surface area (Å²) in [6.45, 7) is 1.35. The summed E-state index contributed by atoms with van der Waals surface area (Å²) in [5, 5.41) is 20.0. The smallest absolute Gasteiger partial charge is 0.359 e. The number of anilines is 1. The highest BCUT2D eigenvalue weighted by molar-refractivity contribution is 6.03. The third-order valence-electron chi connectivity index (χ3n) is 3.97. The summed E-state index contributed by atoms with van der Waals surface area (Å²) in [5.41, 5.74) is -1.07. The van der Waals surface area contributed by atoms with Crippen LogP contribution in [0.4, 0.5) is 11.4 Å². The quantitative estimate of drug-likeness (QED) is 0.339. The molecule has 0 atom stereocenters. The summed E-state index contributed by atoms with van der Waals surface area (Å²) < 4.78 is 10.2. The Labute approximate surface area is 168 Å². The number of hydrogen-bond donors (Lipinski definition) is 2. The van der Waals surface area contributed by atoms with Crippen molar-refractivity contribution in [3.63, 3.8) is 0 Å². The lowest BCUT2D eigenvalue weighted by atomic mass is 10.1. The Bertz CT molecular complexity index is 1190. The van der Waals surface area contributed by atoms with Crippen molar-refractivity contribution in [3.05, 3.63) is 68.6 Å². The number of nitro groups is 1. The van der Waals surface area contributed by atoms with E-state index in [9.17, 15) is 24.5 Å². The number of aromatic nitrogens is 2. The predicted molar refractivity (Wildman–Crippen MR) is 106 cm³/mol. The summed E-state index contributed by atoms with van der Waals surface area (Å²) in [7, 11) is 0. The Kier molecular flexibility index (Phi) is 6.01. The minimum absolute atomic E-state index is 0.0721. The van der Waals surface area contributed by atoms with E-state index in [1.165, 1.54) is 30.3 Å². The van der Waals surface area contributed by atoms with E-state index in [1.54, 1.807) is 19.1 Å². The second-order valence-electron chi connectivity index (χ2n) is 5.94. The highest BCUT2D eigenvalue weighted by Crippen LogP contribution is 2.29. The lowest BCUT2D eigenvalue weighted by molar-refractivity contribution is -0.384. The zero-order chi connectivity index (χ0) is 21.7. The van der Waals surface area contributed by atoms with Crippen molar-refractivity contribution < 1.29 is 24.0 Å². The molecule has 11 heteroatoms. The molecule has 2 aromatic carbocycles. The van der Waals surface area contributed by atoms with Gasteiger partial charge in [0, 0.05) is 5.39 Å². The van der Waals surface area contributed by atoms with Gasteiger partial charge in [0.2, 0.25) is 0 Å². The summed E-state index contributed by atoms with van der Waals surface area (Å²) in [4.78, 5) is 46.8. The number of carbonyl (C=O) groups excluding carboxylic acids is 2. The molecule has 1 heterocycles. The van der Waals surface area contributed by atoms with E-state index in [0.717, 1.165) is 0 Å². The van der Waals surface area contributed by atoms with Crippen LogP contribution in [0.2, 0.25) is 0 Å². The van der Waals surface area contributed by atoms with Gasteiger partial charge >= 0.3 is 5.97 Å². The summed E-state index contributed by atoms with van der Waals surface area (Å²) in [6, 6.07) is 10.3. The Hall–Kier alpha value is -4.28. The molecule has 1 aromatic heterocycles. The number of fused-ring (bicyclic) bond motifs is 1. The summed E-state index contributed by atoms with van der Waals surface area (Å²) in [5.74, 6) is -1.44. The summed E-state index contributed by atoms with van der Waals surface area (Å²) >= 11 is 0. The number of nitrogens with one attached hydrogen (secondary N) is 2. The number of benzene rings is 2. The molecule has 2 N–H and O–H groups in total. The molecule has 30 heavy (non-hydrogen) atoms. The minimum atomic E-state index is -0.932. The average molecular weight is 412 g/mol. The number of nitrogens with zero attached hydrogens (tertiary/aromatic N) is 2. The van der Waals surface area contributed by atoms with Gasteiger partial charge in [-0.1, -0.05) is 18.2 Å². The van der Waals surface area contributed by atoms with E-state index in [2.05, 4.69) is 15.5 Å². The molecule has 0 saturated heterocycles. The van der Waals surface area contributed by atoms with Gasteiger partial charge in [-0.15, -0.1) is 0 Å². The van der Waals surface area contributed by atoms with Gasteiger partial charge in [0.25, 0.3) is 17.2 Å². The first-order valence-electron chi connectivity index (χ1n) is 8.76. The number of H-pyrrole nitrogens is 1. The number of aromatic amines is 1. The Morgan fingerprint density at radius 2 is 1.93 bits per heavy atom. The standard InChI is InChI=1S/C19H16N4O7/c1-2-29-11-7-8-14(15(9-11)23(27)28)20-16(24)10-30-19(26)17-12-5-3-4-6-13(12)18(25)22-21-17/h3-9H,2,10H2,1H3,(H,20,24)(H,22,25). The van der Waals surface area contributed by atoms with E-state index >= 15 is 0 Å². The maximum Gasteiger partial charge on any atom is 0.359 e. The topological polar surface area (TPSA) is 154 Å². The molecule has 3 rings (SSSR count). The van der Waals surface area contributed by atoms with Crippen LogP contribution in [0, 0.1) is 10.1 Å². The molecule has 0 aliphatic rings. The normalized spacial score (nSPS) is 10.4. The highest BCUT2D eigenvalue weighted by atomic mass is 16.6. The number of rotatable bonds is 7. The van der Waals surface area contributed by atoms with Gasteiger partial charge in [0.05, 0.1) is 23.0 Å². The third-order valence-corrected chi connectivity index (χ3v) is 3.97. The molecule has 0 fully saturated rings. The van der Waals surface area contributed by atoms with Crippen molar-refractivity contribution in [2.75, 3.05) is 18.5 Å². The summed E-state index contributed by atoms with van der Waals surface area (Å²) in [6.07, 6.45) is 0. The zero-order valence-corrected chi connectivity index (χ0v) is 15.7. The lowest BCUT2D eigenvalue weighted by Crippen LogP contribution is -2.23. The van der Waals surface area contributed by atoms with Gasteiger partial charge in [-0.2, -0.15) is 5.10 Å². The molecular formula is C19H16N4O7. The van der Waals surface area contributed by atoms with Crippen LogP contribution in [0.5, 0.6) is 5.75 Å². The third kappa shape index (κ3) is 4.41. The average Bonchev–Trinajstić information content (AvgIpc) is 2.73. The fraction of sp³-hybridized carbons (Fsp3) is 0.158. The van der Waals surface area contributed by atoms with Gasteiger partial charge in [-0.25, -0.2) is 9.89 Å². The van der Waals surface area contributed by atoms with Crippen molar-refractivity contribution in [2.24, 2.45) is 0 Å². The SMILES string of the molecule is CCOc1ccc(NC(=O)COC(=O)c2n[nH]c(=O)c3ccccc23)c([N+](=O)[O-])c1. The number of amides is 1. The molecule has 0 aliphatic heterocycles. The highest BCUT2D eigenvalue weighted by Gasteiger charge is 2.20. The van der Waals surface area contributed by atoms with E-state index in [1.807, 2.05) is 0 Å². The molecule has 0 bridgehead atoms. The van der Waals surface area contributed by atoms with Crippen LogP contribution in [-0.4, -0.2) is 40.2 Å². The number of esters is 1. The van der Waals surface area contributed by atoms with Crippen LogP contribution < -0.4 is 15.6 Å². The van der Waals surface area contributed by atoms with E-state index in [0.29, 0.717) is 6.61 Å². The largest absolute Gasteiger partial charge is 0.494 e. The van der Waals surface area contributed by atoms with Crippen LogP contribution >= 0.6 is 0 Å². The van der Waals surface area contributed by atoms with Crippen LogP contribution in [0.15, 0.2) is 47.3 Å². The number of ether oxygens (including phenoxy) is 2. The number of nitro benzene ring substituents is 1. The minimum Gasteiger partial charge on any atom is -0.494 e. The fourth-order valence-electron chi connectivity index (χ4n) is 2.68. The number of hydrogen-bond acceptors (Lipinski definition) is 8. The van der Waals surface area contributed by atoms with E-state index < -0.39 is 29.0 Å². The first-order valence-corrected chi connectivity index (χ1v) is 8.76. The molecule has 11 nitrogen and oxygen atoms in total. The number of carbonyl (C=O) groups is 2. The van der Waals surface area contributed by atoms with Crippen molar-refractivity contribution >= 4 is 34.0 Å². The van der Waals surface area contributed by atoms with Gasteiger partial charge in [0.15, 0.2) is 12.3 Å². The van der Waals surface area contributed by atoms with Crippen LogP contribution in [0.1, 0.15) is 17.4 Å². The van der Waals surface area contributed by atoms with E-state index in [-0.39, 0.29) is 33.6 Å². The second kappa shape index (κ2) is 8.82. The van der Waals surface area contributed by atoms with Crippen molar-refractivity contribution in [3.8, 4) is 5.75 Å². The molecule has 0 unspecified atom stereocenters. The first kappa shape index (κ1) is 20.5. The van der Waals surface area contributed by atoms with Crippen molar-refractivity contribution in [2.45, 2.75) is 6.92 Å². The van der Waals surface area contributed by atoms with E-state index in [4.69, 9.17) is 9.47 Å². The molecule has 154 valence electrons. The molecule has 1 amide bonds. The Balaban J connectivity index is 1.71. The molecule has 3 aromatic rings. The zero-order valence-electron chi connectivity index (χ0n) is 15.7. The maximum absolute atomic E-state index is 12.3. The van der Waals surface area contributed by atoms with Crippen LogP contribution in [0.3, 0.4) is 0 Å². The molecule has 0 aliphatic carbocycles. The lowest BCUT2D eigenvalue weighted by Gasteiger charge is -2.09. The first-order chi connectivity index (χ1) is 14.4. The Morgan fingerprint density at radius 3 is 2.63 bits per heavy atom. The second-order valence-corrected chi connectivity index (χ2v) is 5.94.